The van der Waals surface area contributed by atoms with E-state index in [1.165, 1.54) is 39.6 Å². The van der Waals surface area contributed by atoms with Crippen molar-refractivity contribution in [3.8, 4) is 57.5 Å². The lowest BCUT2D eigenvalue weighted by Crippen LogP contribution is -2.16. The number of ether oxygens (including phenoxy) is 5. The van der Waals surface area contributed by atoms with Crippen LogP contribution in [0.1, 0.15) is 160 Å². The fourth-order valence-electron chi connectivity index (χ4n) is 13.6. The van der Waals surface area contributed by atoms with Gasteiger partial charge in [0.1, 0.15) is 57.5 Å². The summed E-state index contributed by atoms with van der Waals surface area (Å²) in [6.07, 6.45) is 5.08. The fraction of sp³-hybridized carbons (Fsp3) is 0.236. The standard InChI is InChI=1S/C31H36O5.C22H19Cl3O3.C22H22O.C18H19Br2NO.C13H10Cl2O2S/c1-18(2)30(33)35-27-10-8-20(5)12-23(27)16-25-14-22(7)15-26(29(25)32)17-24-13-21(6)9-11-28(24)36-31(34)19(3)4;1-27-21-6-4-18(24)10-14(21)8-16-12-19(25)11-15(22(16)28-2)7-13-9-17(23)3-5-20(13)26;1-16-5-3-7-18(11-16)13-20-9-10-21(22(23)15-20)14-19-8-4-6-17(2)12-19;1-18(2,3)14-6-4-12(5-7-14)10-21-11-13-8-15(19)9-16(20)17(13)22;1-17-11-5-3-9(15)7-13(11)18-12-6-8(14)2-4-10(12)16/h8-15,18-19,32H,16-17H2,1-7H3;3-6,9-12,26H,7-8H2,1-2H3;3-12,15,23H,13-14H2,1-2H3;4-9,11,22H,10H2,1-3H3;2-7,16H,1H3. The molecular weight excluding hydrogens is 1850 g/mol. The molecule has 0 aliphatic carbocycles. The van der Waals surface area contributed by atoms with Crippen LogP contribution in [0.2, 0.25) is 25.1 Å². The summed E-state index contributed by atoms with van der Waals surface area (Å²) >= 11 is 38.6. The lowest BCUT2D eigenvalue weighted by Gasteiger charge is -2.18. The van der Waals surface area contributed by atoms with Crippen molar-refractivity contribution in [3.63, 3.8) is 0 Å². The molecule has 13 aromatic carbocycles. The normalized spacial score (nSPS) is 11.0. The van der Waals surface area contributed by atoms with Crippen LogP contribution in [0, 0.1) is 46.5 Å². The first kappa shape index (κ1) is 100. The van der Waals surface area contributed by atoms with Gasteiger partial charge in [0.05, 0.1) is 54.0 Å². The van der Waals surface area contributed by atoms with Gasteiger partial charge in [-0.25, -0.2) is 0 Å². The van der Waals surface area contributed by atoms with Gasteiger partial charge >= 0.3 is 11.9 Å². The Morgan fingerprint density at radius 3 is 1.35 bits per heavy atom. The number of benzene rings is 13. The molecule has 0 aliphatic heterocycles. The predicted octanol–water partition coefficient (Wildman–Crippen LogP) is 29.1. The molecule has 0 heterocycles. The summed E-state index contributed by atoms with van der Waals surface area (Å²) in [5, 5.41) is 54.5. The number of carbonyl (C=O) groups is 2. The fourth-order valence-corrected chi connectivity index (χ4v) is 17.0. The van der Waals surface area contributed by atoms with Gasteiger partial charge in [-0.1, -0.05) is 283 Å². The second-order valence-electron chi connectivity index (χ2n) is 32.5. The van der Waals surface area contributed by atoms with E-state index in [-0.39, 0.29) is 52.2 Å². The first-order chi connectivity index (χ1) is 60.3. The number of hydrogen-bond donors (Lipinski definition) is 5. The first-order valence-electron chi connectivity index (χ1n) is 41.1. The summed E-state index contributed by atoms with van der Waals surface area (Å²) in [7, 11) is 4.82. The monoisotopic (exact) mass is 1950 g/mol. The van der Waals surface area contributed by atoms with Gasteiger partial charge in [0, 0.05) is 90.2 Å². The summed E-state index contributed by atoms with van der Waals surface area (Å²) in [6.45, 7) is 24.5. The van der Waals surface area contributed by atoms with E-state index in [4.69, 9.17) is 81.7 Å². The smallest absolute Gasteiger partial charge is 0.313 e. The Bertz CT molecular complexity index is 5940. The molecule has 0 saturated carbocycles. The molecule has 0 atom stereocenters. The van der Waals surface area contributed by atoms with Crippen LogP contribution in [0.25, 0.3) is 0 Å². The van der Waals surface area contributed by atoms with Crippen molar-refractivity contribution in [1.82, 2.24) is 0 Å². The maximum atomic E-state index is 12.3. The van der Waals surface area contributed by atoms with E-state index in [1.807, 2.05) is 99.6 Å². The zero-order valence-corrected chi connectivity index (χ0v) is 81.6. The largest absolute Gasteiger partial charge is 0.508 e. The number of nitrogens with zero attached hydrogens (tertiary/aromatic N) is 1. The lowest BCUT2D eigenvalue weighted by atomic mass is 9.87. The maximum absolute atomic E-state index is 12.3. The predicted molar refractivity (Wildman–Crippen MR) is 528 cm³/mol. The number of phenolic OH excluding ortho intramolecular Hbond substituents is 5. The second kappa shape index (κ2) is 47.6. The second-order valence-corrected chi connectivity index (χ2v) is 37.6. The molecule has 662 valence electrons. The third-order valence-electron chi connectivity index (χ3n) is 20.2. The Hall–Kier alpha value is -10.4. The van der Waals surface area contributed by atoms with Crippen molar-refractivity contribution in [2.45, 2.75) is 143 Å². The van der Waals surface area contributed by atoms with Gasteiger partial charge in [0.25, 0.3) is 0 Å². The van der Waals surface area contributed by atoms with Gasteiger partial charge in [-0.05, 0) is 239 Å². The van der Waals surface area contributed by atoms with Crippen LogP contribution >= 0.6 is 102 Å². The first-order valence-corrected chi connectivity index (χ1v) is 45.4. The molecule has 0 saturated heterocycles. The molecule has 0 radical (unpaired) electrons. The summed E-state index contributed by atoms with van der Waals surface area (Å²) in [6, 6.07) is 74.8. The molecule has 13 nitrogen and oxygen atoms in total. The molecule has 0 aliphatic rings. The topological polar surface area (TPSA) is 194 Å². The number of carbonyl (C=O) groups excluding carboxylic acids is 2. The van der Waals surface area contributed by atoms with E-state index in [1.54, 1.807) is 134 Å². The number of esters is 2. The van der Waals surface area contributed by atoms with E-state index in [9.17, 15) is 35.1 Å². The maximum Gasteiger partial charge on any atom is 0.313 e. The van der Waals surface area contributed by atoms with Crippen LogP contribution in [-0.2, 0) is 60.1 Å². The zero-order valence-electron chi connectivity index (χ0n) is 73.8. The number of hydrogen-bond acceptors (Lipinski definition) is 14. The van der Waals surface area contributed by atoms with Gasteiger partial charge in [-0.3, -0.25) is 14.6 Å². The minimum absolute atomic E-state index is 0.163. The number of rotatable bonds is 24. The highest BCUT2D eigenvalue weighted by Gasteiger charge is 2.23. The Kier molecular flexibility index (Phi) is 37.6. The van der Waals surface area contributed by atoms with Crippen molar-refractivity contribution in [2.24, 2.45) is 16.8 Å². The van der Waals surface area contributed by atoms with Gasteiger partial charge in [-0.15, -0.1) is 0 Å². The summed E-state index contributed by atoms with van der Waals surface area (Å²) in [4.78, 5) is 30.4. The minimum atomic E-state index is -0.294. The molecule has 0 unspecified atom stereocenters. The number of phenols is 5. The molecule has 21 heteroatoms. The molecule has 13 rings (SSSR count). The van der Waals surface area contributed by atoms with Gasteiger partial charge < -0.3 is 49.2 Å². The molecule has 13 aromatic rings. The number of aliphatic imine (C=N–C) groups is 1. The third kappa shape index (κ3) is 30.7. The van der Waals surface area contributed by atoms with E-state index >= 15 is 0 Å². The van der Waals surface area contributed by atoms with Crippen molar-refractivity contribution < 1.29 is 58.8 Å². The van der Waals surface area contributed by atoms with E-state index in [2.05, 4.69) is 150 Å². The van der Waals surface area contributed by atoms with Gasteiger partial charge in [0.15, 0.2) is 0 Å². The van der Waals surface area contributed by atoms with Crippen molar-refractivity contribution in [1.29, 1.82) is 0 Å². The molecule has 0 amide bonds. The van der Waals surface area contributed by atoms with Crippen LogP contribution in [0.4, 0.5) is 0 Å². The Balaban J connectivity index is 0.000000183. The Morgan fingerprint density at radius 1 is 0.386 bits per heavy atom. The van der Waals surface area contributed by atoms with Crippen LogP contribution in [0.3, 0.4) is 0 Å². The van der Waals surface area contributed by atoms with E-state index in [0.717, 1.165) is 100 Å². The molecular formula is C106H106Br2Cl5NO12S. The van der Waals surface area contributed by atoms with Crippen molar-refractivity contribution >= 4 is 120 Å². The van der Waals surface area contributed by atoms with E-state index in [0.29, 0.717) is 107 Å². The minimum Gasteiger partial charge on any atom is -0.508 e. The SMILES string of the molecule is CC(C)(C)c1ccc(CN=Cc2cc(Br)cc(Br)c2O)cc1.COc1ccc(Cl)cc1Cc1cc(Cl)cc(Cc2cc(Cl)ccc2O)c1OC.COc1ccc(Cl)cc1Sc1cc(Cl)ccc1O.Cc1ccc(OC(=O)C(C)C)c(Cc2cc(C)cc(Cc3cc(C)ccc3OC(=O)C(C)C)c2O)c1.Cc1cccc(Cc2ccc(Cc3cccc(C)c3)c(O)c2)c1. The molecule has 0 bridgehead atoms. The molecule has 0 aromatic heterocycles. The van der Waals surface area contributed by atoms with Crippen LogP contribution in [0.5, 0.6) is 57.5 Å². The van der Waals surface area contributed by atoms with Crippen LogP contribution in [-0.4, -0.2) is 65.0 Å². The van der Waals surface area contributed by atoms with Gasteiger partial charge in [0.2, 0.25) is 0 Å². The number of halogens is 7. The Morgan fingerprint density at radius 2 is 0.827 bits per heavy atom. The highest BCUT2D eigenvalue weighted by molar-refractivity contribution is 9.11. The van der Waals surface area contributed by atoms with Crippen molar-refractivity contribution in [2.75, 3.05) is 21.3 Å². The summed E-state index contributed by atoms with van der Waals surface area (Å²) < 4.78 is 29.2. The van der Waals surface area contributed by atoms with Gasteiger partial charge in [-0.2, -0.15) is 0 Å². The highest BCUT2D eigenvalue weighted by atomic mass is 79.9. The van der Waals surface area contributed by atoms with Crippen LogP contribution in [0.15, 0.2) is 260 Å². The average Bonchev–Trinajstić information content (AvgIpc) is 0.820. The Labute approximate surface area is 792 Å². The van der Waals surface area contributed by atoms with E-state index < -0.39 is 0 Å². The molecule has 0 spiro atoms. The molecule has 127 heavy (non-hydrogen) atoms. The third-order valence-corrected chi connectivity index (χ3v) is 23.5. The number of aromatic hydroxyl groups is 5. The number of methoxy groups -OCH3 is 3. The quantitative estimate of drug-likeness (QED) is 0.0218. The van der Waals surface area contributed by atoms with Crippen molar-refractivity contribution in [3.05, 3.63) is 382 Å². The zero-order chi connectivity index (χ0) is 92.5. The average molecular weight is 1960 g/mol. The van der Waals surface area contributed by atoms with Crippen LogP contribution < -0.4 is 23.7 Å². The molecule has 5 N–H and O–H groups in total. The lowest BCUT2D eigenvalue weighted by molar-refractivity contribution is -0.138. The summed E-state index contributed by atoms with van der Waals surface area (Å²) in [5.74, 6) is 3.18. The highest BCUT2D eigenvalue weighted by Crippen LogP contribution is 2.43. The summed E-state index contributed by atoms with van der Waals surface area (Å²) in [5.41, 5.74) is 20.0. The number of aryl methyl sites for hydroxylation is 5. The molecule has 0 fully saturated rings.